The summed E-state index contributed by atoms with van der Waals surface area (Å²) in [6.07, 6.45) is 3.21. The molecule has 0 amide bonds. The monoisotopic (exact) mass is 368 g/mol. The Balaban J connectivity index is 2.27. The van der Waals surface area contributed by atoms with Crippen LogP contribution in [0.4, 0.5) is 0 Å². The highest BCUT2D eigenvalue weighted by molar-refractivity contribution is 9.10. The summed E-state index contributed by atoms with van der Waals surface area (Å²) in [5.41, 5.74) is -0.974. The van der Waals surface area contributed by atoms with E-state index in [1.54, 1.807) is 21.6 Å². The van der Waals surface area contributed by atoms with E-state index in [9.17, 15) is 14.7 Å². The molecule has 0 bridgehead atoms. The molecule has 1 aliphatic rings. The van der Waals surface area contributed by atoms with Crippen LogP contribution in [-0.4, -0.2) is 38.9 Å². The number of H-pyrrole nitrogens is 1. The van der Waals surface area contributed by atoms with Crippen LogP contribution in [0.3, 0.4) is 0 Å². The average molecular weight is 369 g/mol. The quantitative estimate of drug-likeness (QED) is 0.770. The lowest BCUT2D eigenvalue weighted by Crippen LogP contribution is -2.32. The molecule has 0 radical (unpaired) electrons. The van der Waals surface area contributed by atoms with Gasteiger partial charge in [0.15, 0.2) is 0 Å². The van der Waals surface area contributed by atoms with Crippen molar-refractivity contribution in [3.8, 4) is 0 Å². The second-order valence-corrected chi connectivity index (χ2v) is 7.56. The summed E-state index contributed by atoms with van der Waals surface area (Å²) >= 11 is 3.09. The summed E-state index contributed by atoms with van der Waals surface area (Å²) in [6, 6.07) is 0. The molecule has 0 aromatic carbocycles. The number of aliphatic hydroxyl groups excluding tert-OH is 1. The highest BCUT2D eigenvalue weighted by atomic mass is 79.9. The van der Waals surface area contributed by atoms with Crippen LogP contribution < -0.4 is 11.2 Å². The van der Waals surface area contributed by atoms with Crippen molar-refractivity contribution < 1.29 is 9.84 Å². The first kappa shape index (κ1) is 15.2. The Bertz CT molecular complexity index is 561. The number of hydrogen-bond acceptors (Lipinski definition) is 6. The molecule has 2 N–H and O–H groups in total. The third-order valence-corrected chi connectivity index (χ3v) is 5.63. The molecule has 1 aliphatic heterocycles. The van der Waals surface area contributed by atoms with Gasteiger partial charge in [-0.25, -0.2) is 4.79 Å². The minimum absolute atomic E-state index is 0.0893. The average Bonchev–Trinajstić information content (AvgIpc) is 2.77. The predicted octanol–water partition coefficient (Wildman–Crippen LogP) is 0.959. The standard InChI is InChI=1S/C10H13BrN2O4S2/c1-18-19-7-2-8(17-6(7)4-14)13-3-5(11)9(15)12-10(13)16/h3,6-8,14H,2,4H2,1H3,(H,12,15,16)/t6-,7+,8-/m1/s1. The molecule has 0 spiro atoms. The first-order chi connectivity index (χ1) is 9.06. The fraction of sp³-hybridized carbons (Fsp3) is 0.600. The van der Waals surface area contributed by atoms with Gasteiger partial charge in [-0.05, 0) is 22.2 Å². The van der Waals surface area contributed by atoms with Crippen LogP contribution in [0, 0.1) is 0 Å². The van der Waals surface area contributed by atoms with Gasteiger partial charge in [0.2, 0.25) is 0 Å². The molecular weight excluding hydrogens is 356 g/mol. The molecule has 1 fully saturated rings. The predicted molar refractivity (Wildman–Crippen MR) is 79.5 cm³/mol. The number of aliphatic hydroxyl groups is 1. The zero-order valence-corrected chi connectivity index (χ0v) is 13.3. The zero-order valence-electron chi connectivity index (χ0n) is 10.0. The molecule has 2 rings (SSSR count). The summed E-state index contributed by atoms with van der Waals surface area (Å²) in [5.74, 6) is 0. The number of nitrogens with zero attached hydrogens (tertiary/aromatic N) is 1. The van der Waals surface area contributed by atoms with Crippen LogP contribution in [0.25, 0.3) is 0 Å². The van der Waals surface area contributed by atoms with E-state index in [0.717, 1.165) is 0 Å². The van der Waals surface area contributed by atoms with Gasteiger partial charge in [0.05, 0.1) is 17.2 Å². The normalized spacial score (nSPS) is 26.8. The molecule has 106 valence electrons. The molecule has 2 heterocycles. The number of aromatic amines is 1. The first-order valence-corrected chi connectivity index (χ1v) is 8.95. The lowest BCUT2D eigenvalue weighted by Gasteiger charge is -2.14. The molecule has 1 aromatic heterocycles. The minimum Gasteiger partial charge on any atom is -0.394 e. The maximum atomic E-state index is 11.8. The molecule has 6 nitrogen and oxygen atoms in total. The minimum atomic E-state index is -0.510. The second-order valence-electron chi connectivity index (χ2n) is 3.99. The van der Waals surface area contributed by atoms with Gasteiger partial charge < -0.3 is 9.84 Å². The van der Waals surface area contributed by atoms with E-state index in [-0.39, 0.29) is 22.4 Å². The van der Waals surface area contributed by atoms with Gasteiger partial charge >= 0.3 is 5.69 Å². The summed E-state index contributed by atoms with van der Waals surface area (Å²) in [4.78, 5) is 25.3. The zero-order chi connectivity index (χ0) is 14.0. The number of hydrogen-bond donors (Lipinski definition) is 2. The maximum Gasteiger partial charge on any atom is 0.330 e. The summed E-state index contributed by atoms with van der Waals surface area (Å²) < 4.78 is 7.29. The van der Waals surface area contributed by atoms with Gasteiger partial charge in [0.25, 0.3) is 5.56 Å². The van der Waals surface area contributed by atoms with E-state index < -0.39 is 17.5 Å². The summed E-state index contributed by atoms with van der Waals surface area (Å²) in [6.45, 7) is -0.0893. The molecular formula is C10H13BrN2O4S2. The van der Waals surface area contributed by atoms with E-state index >= 15 is 0 Å². The molecule has 1 saturated heterocycles. The van der Waals surface area contributed by atoms with Crippen LogP contribution >= 0.6 is 37.5 Å². The maximum absolute atomic E-state index is 11.8. The van der Waals surface area contributed by atoms with Crippen LogP contribution in [0.2, 0.25) is 0 Å². The fourth-order valence-corrected chi connectivity index (χ4v) is 4.37. The van der Waals surface area contributed by atoms with Crippen LogP contribution in [-0.2, 0) is 4.74 Å². The molecule has 0 unspecified atom stereocenters. The molecule has 3 atom stereocenters. The highest BCUT2D eigenvalue weighted by Crippen LogP contribution is 2.39. The number of nitrogens with one attached hydrogen (secondary N) is 1. The van der Waals surface area contributed by atoms with E-state index in [0.29, 0.717) is 6.42 Å². The van der Waals surface area contributed by atoms with Gasteiger partial charge in [-0.15, -0.1) is 0 Å². The van der Waals surface area contributed by atoms with Crippen molar-refractivity contribution in [3.63, 3.8) is 0 Å². The smallest absolute Gasteiger partial charge is 0.330 e. The first-order valence-electron chi connectivity index (χ1n) is 5.53. The molecule has 0 aliphatic carbocycles. The largest absolute Gasteiger partial charge is 0.394 e. The van der Waals surface area contributed by atoms with Crippen LogP contribution in [0.5, 0.6) is 0 Å². The van der Waals surface area contributed by atoms with Gasteiger partial charge in [-0.3, -0.25) is 14.3 Å². The Morgan fingerprint density at radius 3 is 3.00 bits per heavy atom. The fourth-order valence-electron chi connectivity index (χ4n) is 1.93. The topological polar surface area (TPSA) is 84.3 Å². The Morgan fingerprint density at radius 1 is 1.63 bits per heavy atom. The van der Waals surface area contributed by atoms with Crippen molar-refractivity contribution in [1.29, 1.82) is 0 Å². The Hall–Kier alpha value is -0.220. The van der Waals surface area contributed by atoms with E-state index in [2.05, 4.69) is 20.9 Å². The van der Waals surface area contributed by atoms with Crippen LogP contribution in [0.15, 0.2) is 20.3 Å². The van der Waals surface area contributed by atoms with Crippen molar-refractivity contribution in [3.05, 3.63) is 31.5 Å². The molecule has 0 saturated carbocycles. The van der Waals surface area contributed by atoms with Crippen molar-refractivity contribution in [1.82, 2.24) is 9.55 Å². The number of halogens is 1. The number of rotatable bonds is 4. The molecule has 19 heavy (non-hydrogen) atoms. The Morgan fingerprint density at radius 2 is 2.37 bits per heavy atom. The number of aromatic nitrogens is 2. The lowest BCUT2D eigenvalue weighted by molar-refractivity contribution is -0.0238. The molecule has 9 heteroatoms. The van der Waals surface area contributed by atoms with E-state index in [1.807, 2.05) is 6.26 Å². The Kier molecular flexibility index (Phi) is 5.18. The van der Waals surface area contributed by atoms with Gasteiger partial charge in [0.1, 0.15) is 6.23 Å². The van der Waals surface area contributed by atoms with E-state index in [1.165, 1.54) is 10.8 Å². The van der Waals surface area contributed by atoms with Crippen molar-refractivity contribution in [2.24, 2.45) is 0 Å². The SMILES string of the molecule is CSS[C@H]1C[C@H](n2cc(Br)c(=O)[nH]c2=O)O[C@@H]1CO. The third kappa shape index (κ3) is 3.27. The van der Waals surface area contributed by atoms with E-state index in [4.69, 9.17) is 4.74 Å². The summed E-state index contributed by atoms with van der Waals surface area (Å²) in [7, 11) is 3.21. The third-order valence-electron chi connectivity index (χ3n) is 2.81. The lowest BCUT2D eigenvalue weighted by atomic mass is 10.2. The van der Waals surface area contributed by atoms with Crippen molar-refractivity contribution >= 4 is 37.5 Å². The van der Waals surface area contributed by atoms with Crippen molar-refractivity contribution in [2.75, 3.05) is 12.9 Å². The van der Waals surface area contributed by atoms with Gasteiger partial charge in [-0.2, -0.15) is 0 Å². The Labute approximate surface area is 125 Å². The summed E-state index contributed by atoms with van der Waals surface area (Å²) in [5, 5.41) is 9.41. The van der Waals surface area contributed by atoms with Crippen LogP contribution in [0.1, 0.15) is 12.6 Å². The highest BCUT2D eigenvalue weighted by Gasteiger charge is 2.36. The molecule has 1 aromatic rings. The number of ether oxygens (including phenoxy) is 1. The second kappa shape index (κ2) is 6.49. The van der Waals surface area contributed by atoms with Gasteiger partial charge in [-0.1, -0.05) is 21.6 Å². The van der Waals surface area contributed by atoms with Gasteiger partial charge in [0, 0.05) is 17.9 Å². The van der Waals surface area contributed by atoms with Crippen molar-refractivity contribution in [2.45, 2.75) is 24.0 Å².